The second-order valence-electron chi connectivity index (χ2n) is 6.23. The maximum atomic E-state index is 13.4. The van der Waals surface area contributed by atoms with Crippen LogP contribution in [-0.2, 0) is 6.18 Å². The zero-order valence-electron chi connectivity index (χ0n) is 15.1. The maximum absolute atomic E-state index is 13.4. The number of aliphatic hydroxyl groups excluding tert-OH is 1. The highest BCUT2D eigenvalue weighted by Gasteiger charge is 2.33. The maximum Gasteiger partial charge on any atom is 0.417 e. The van der Waals surface area contributed by atoms with Crippen LogP contribution in [-0.4, -0.2) is 21.6 Å². The number of rotatable bonds is 5. The van der Waals surface area contributed by atoms with Crippen molar-refractivity contribution in [2.24, 2.45) is 0 Å². The summed E-state index contributed by atoms with van der Waals surface area (Å²) in [6.07, 6.45) is -4.41. The fourth-order valence-electron chi connectivity index (χ4n) is 2.67. The zero-order chi connectivity index (χ0) is 21.9. The van der Waals surface area contributed by atoms with E-state index in [0.717, 1.165) is 18.2 Å². The summed E-state index contributed by atoms with van der Waals surface area (Å²) >= 11 is 5.75. The van der Waals surface area contributed by atoms with Gasteiger partial charge in [0.25, 0.3) is 0 Å². The molecule has 0 saturated heterocycles. The third kappa shape index (κ3) is 4.84. The standard InChI is InChI=1S/C20H13ClF4N4O/c21-15-6-11(1-3-14(15)20(23,24)25)17-7-19(29-10-28-17)27-9-18(30)12-2-4-16(22)13(5-12)8-26/h1-7,10,18,30H,9H2,(H,27,28,29)/t18-/m0/s1. The number of alkyl halides is 3. The minimum absolute atomic E-state index is 0.0132. The number of nitriles is 1. The predicted octanol–water partition coefficient (Wildman–Crippen LogP) is 4.97. The van der Waals surface area contributed by atoms with Crippen molar-refractivity contribution in [3.05, 3.63) is 76.3 Å². The van der Waals surface area contributed by atoms with Gasteiger partial charge in [-0.15, -0.1) is 0 Å². The Kier molecular flexibility index (Phi) is 6.20. The van der Waals surface area contributed by atoms with E-state index in [1.54, 1.807) is 6.07 Å². The highest BCUT2D eigenvalue weighted by molar-refractivity contribution is 6.31. The summed E-state index contributed by atoms with van der Waals surface area (Å²) in [7, 11) is 0. The molecule has 3 rings (SSSR count). The van der Waals surface area contributed by atoms with Gasteiger partial charge in [-0.1, -0.05) is 23.7 Å². The minimum atomic E-state index is -4.56. The van der Waals surface area contributed by atoms with Gasteiger partial charge in [0.15, 0.2) is 0 Å². The van der Waals surface area contributed by atoms with Gasteiger partial charge in [0.1, 0.15) is 24.0 Å². The number of hydrogen-bond donors (Lipinski definition) is 2. The molecule has 2 N–H and O–H groups in total. The van der Waals surface area contributed by atoms with Gasteiger partial charge in [-0.3, -0.25) is 0 Å². The van der Waals surface area contributed by atoms with E-state index in [9.17, 15) is 22.7 Å². The van der Waals surface area contributed by atoms with Crippen LogP contribution in [0.3, 0.4) is 0 Å². The number of anilines is 1. The normalized spacial score (nSPS) is 12.3. The van der Waals surface area contributed by atoms with Crippen LogP contribution in [0, 0.1) is 17.1 Å². The summed E-state index contributed by atoms with van der Waals surface area (Å²) < 4.78 is 52.0. The van der Waals surface area contributed by atoms with Gasteiger partial charge in [0, 0.05) is 18.2 Å². The van der Waals surface area contributed by atoms with Crippen LogP contribution in [0.25, 0.3) is 11.3 Å². The minimum Gasteiger partial charge on any atom is -0.387 e. The van der Waals surface area contributed by atoms with Crippen molar-refractivity contribution in [2.75, 3.05) is 11.9 Å². The van der Waals surface area contributed by atoms with Crippen molar-refractivity contribution >= 4 is 17.4 Å². The SMILES string of the molecule is N#Cc1cc([C@@H](O)CNc2cc(-c3ccc(C(F)(F)F)c(Cl)c3)ncn2)ccc1F. The molecule has 0 fully saturated rings. The van der Waals surface area contributed by atoms with E-state index >= 15 is 0 Å². The highest BCUT2D eigenvalue weighted by Crippen LogP contribution is 2.36. The Balaban J connectivity index is 1.75. The Morgan fingerprint density at radius 3 is 2.57 bits per heavy atom. The third-order valence-corrected chi connectivity index (χ3v) is 4.52. The molecule has 1 aromatic heterocycles. The van der Waals surface area contributed by atoms with Gasteiger partial charge < -0.3 is 10.4 Å². The molecule has 1 heterocycles. The summed E-state index contributed by atoms with van der Waals surface area (Å²) in [6.45, 7) is -0.0132. The highest BCUT2D eigenvalue weighted by atomic mass is 35.5. The lowest BCUT2D eigenvalue weighted by Gasteiger charge is -2.14. The van der Waals surface area contributed by atoms with Gasteiger partial charge in [0.05, 0.1) is 27.9 Å². The van der Waals surface area contributed by atoms with Crippen molar-refractivity contribution in [1.82, 2.24) is 9.97 Å². The van der Waals surface area contributed by atoms with Crippen LogP contribution in [0.15, 0.2) is 48.8 Å². The van der Waals surface area contributed by atoms with E-state index in [-0.39, 0.29) is 12.1 Å². The smallest absolute Gasteiger partial charge is 0.387 e. The molecule has 0 unspecified atom stereocenters. The molecule has 3 aromatic rings. The van der Waals surface area contributed by atoms with Crippen LogP contribution >= 0.6 is 11.6 Å². The summed E-state index contributed by atoms with van der Waals surface area (Å²) in [5.74, 6) is -0.380. The fraction of sp³-hybridized carbons (Fsp3) is 0.150. The Morgan fingerprint density at radius 2 is 1.90 bits per heavy atom. The van der Waals surface area contributed by atoms with Crippen LogP contribution in [0.4, 0.5) is 23.4 Å². The number of aromatic nitrogens is 2. The first-order chi connectivity index (χ1) is 14.2. The summed E-state index contributed by atoms with van der Waals surface area (Å²) in [4.78, 5) is 8.03. The Morgan fingerprint density at radius 1 is 1.13 bits per heavy atom. The fourth-order valence-corrected chi connectivity index (χ4v) is 2.96. The molecular weight excluding hydrogens is 424 g/mol. The lowest BCUT2D eigenvalue weighted by Crippen LogP contribution is -2.13. The average Bonchev–Trinajstić information content (AvgIpc) is 2.71. The van der Waals surface area contributed by atoms with E-state index < -0.39 is 28.7 Å². The molecule has 1 atom stereocenters. The molecule has 2 aromatic carbocycles. The topological polar surface area (TPSA) is 81.8 Å². The van der Waals surface area contributed by atoms with Crippen molar-refractivity contribution in [2.45, 2.75) is 12.3 Å². The molecule has 0 amide bonds. The van der Waals surface area contributed by atoms with E-state index in [2.05, 4.69) is 15.3 Å². The van der Waals surface area contributed by atoms with Crippen LogP contribution in [0.5, 0.6) is 0 Å². The van der Waals surface area contributed by atoms with Gasteiger partial charge in [0.2, 0.25) is 0 Å². The lowest BCUT2D eigenvalue weighted by atomic mass is 10.1. The summed E-state index contributed by atoms with van der Waals surface area (Å²) in [5, 5.41) is 21.6. The second kappa shape index (κ2) is 8.65. The number of hydrogen-bond acceptors (Lipinski definition) is 5. The van der Waals surface area contributed by atoms with E-state index in [1.807, 2.05) is 0 Å². The number of aliphatic hydroxyl groups is 1. The summed E-state index contributed by atoms with van der Waals surface area (Å²) in [6, 6.07) is 10.2. The van der Waals surface area contributed by atoms with Crippen LogP contribution in [0.2, 0.25) is 5.02 Å². The number of nitrogens with one attached hydrogen (secondary N) is 1. The van der Waals surface area contributed by atoms with Crippen molar-refractivity contribution < 1.29 is 22.7 Å². The Hall–Kier alpha value is -3.22. The Labute approximate surface area is 173 Å². The van der Waals surface area contributed by atoms with Gasteiger partial charge in [-0.2, -0.15) is 18.4 Å². The third-order valence-electron chi connectivity index (χ3n) is 4.21. The van der Waals surface area contributed by atoms with E-state index in [0.29, 0.717) is 22.6 Å². The first-order valence-corrected chi connectivity index (χ1v) is 8.87. The number of benzene rings is 2. The number of halogens is 5. The van der Waals surface area contributed by atoms with Crippen molar-refractivity contribution in [1.29, 1.82) is 5.26 Å². The van der Waals surface area contributed by atoms with E-state index in [1.165, 1.54) is 30.6 Å². The molecule has 10 heteroatoms. The molecule has 0 spiro atoms. The Bertz CT molecular complexity index is 1110. The largest absolute Gasteiger partial charge is 0.417 e. The second-order valence-corrected chi connectivity index (χ2v) is 6.64. The van der Waals surface area contributed by atoms with Crippen LogP contribution in [0.1, 0.15) is 22.8 Å². The molecule has 0 aliphatic carbocycles. The molecule has 30 heavy (non-hydrogen) atoms. The first-order valence-electron chi connectivity index (χ1n) is 8.49. The monoisotopic (exact) mass is 436 g/mol. The lowest BCUT2D eigenvalue weighted by molar-refractivity contribution is -0.137. The molecule has 0 aliphatic heterocycles. The molecule has 0 radical (unpaired) electrons. The van der Waals surface area contributed by atoms with Gasteiger partial charge >= 0.3 is 6.18 Å². The molecule has 0 bridgehead atoms. The first kappa shape index (κ1) is 21.5. The quantitative estimate of drug-likeness (QED) is 0.552. The van der Waals surface area contributed by atoms with Crippen molar-refractivity contribution in [3.63, 3.8) is 0 Å². The average molecular weight is 437 g/mol. The predicted molar refractivity (Wildman–Crippen MR) is 102 cm³/mol. The van der Waals surface area contributed by atoms with Crippen molar-refractivity contribution in [3.8, 4) is 17.3 Å². The number of nitrogens with zero attached hydrogens (tertiary/aromatic N) is 3. The zero-order valence-corrected chi connectivity index (χ0v) is 15.8. The molecule has 5 nitrogen and oxygen atoms in total. The van der Waals surface area contributed by atoms with E-state index in [4.69, 9.17) is 16.9 Å². The summed E-state index contributed by atoms with van der Waals surface area (Å²) in [5.41, 5.74) is -0.110. The molecule has 0 saturated carbocycles. The van der Waals surface area contributed by atoms with Gasteiger partial charge in [-0.05, 0) is 29.8 Å². The molecular formula is C20H13ClF4N4O. The molecule has 154 valence electrons. The van der Waals surface area contributed by atoms with Crippen LogP contribution < -0.4 is 5.32 Å². The van der Waals surface area contributed by atoms with Gasteiger partial charge in [-0.25, -0.2) is 14.4 Å². The molecule has 0 aliphatic rings.